The van der Waals surface area contributed by atoms with Crippen molar-refractivity contribution < 1.29 is 55.0 Å². The molecule has 13 heteroatoms. The molecule has 13 nitrogen and oxygen atoms in total. The lowest BCUT2D eigenvalue weighted by molar-refractivity contribution is -0.265. The lowest BCUT2D eigenvalue weighted by atomic mass is 9.58. The largest absolute Gasteiger partial charge is 0.393 e. The summed E-state index contributed by atoms with van der Waals surface area (Å²) >= 11 is 0. The second-order valence-corrected chi connectivity index (χ2v) is 5.34. The molecule has 0 unspecified atom stereocenters. The van der Waals surface area contributed by atoms with Crippen molar-refractivity contribution in [2.24, 2.45) is 5.11 Å². The number of nitrogens with zero attached hydrogens (tertiary/aromatic N) is 3. The van der Waals surface area contributed by atoms with E-state index in [0.717, 1.165) is 0 Å². The number of carbonyl (C=O) groups excluding carboxylic acids is 5. The van der Waals surface area contributed by atoms with Gasteiger partial charge in [-0.2, -0.15) is 0 Å². The van der Waals surface area contributed by atoms with Crippen LogP contribution in [0, 0.1) is 0 Å². The van der Waals surface area contributed by atoms with Gasteiger partial charge in [0, 0.05) is 10.4 Å². The molecule has 0 aliphatic heterocycles. The van der Waals surface area contributed by atoms with Crippen LogP contribution in [0.4, 0.5) is 0 Å². The van der Waals surface area contributed by atoms with Crippen LogP contribution in [0.1, 0.15) is 33.1 Å². The van der Waals surface area contributed by atoms with Crippen molar-refractivity contribution in [3.8, 4) is 0 Å². The van der Waals surface area contributed by atoms with E-state index in [1.54, 1.807) is 0 Å². The molecule has 1 amide bonds. The monoisotopic (exact) mass is 393 g/mol. The van der Waals surface area contributed by atoms with Crippen molar-refractivity contribution in [3.63, 3.8) is 0 Å². The summed E-state index contributed by atoms with van der Waals surface area (Å²) < 4.78 is 28.4. The molecule has 0 bridgehead atoms. The molecule has 0 fully saturated rings. The number of Topliss-reactive ketones (excluding diaryl/α,β-unsaturated/α-hetero) is 4. The molecule has 5 N–H and O–H groups in total. The van der Waals surface area contributed by atoms with Gasteiger partial charge in [-0.3, -0.25) is 24.0 Å². The summed E-state index contributed by atoms with van der Waals surface area (Å²) in [7, 11) is 0. The third kappa shape index (κ3) is 2.96. The van der Waals surface area contributed by atoms with E-state index in [9.17, 15) is 49.5 Å². The Morgan fingerprint density at radius 3 is 1.70 bits per heavy atom. The van der Waals surface area contributed by atoms with Crippen molar-refractivity contribution in [1.82, 2.24) is 0 Å². The molecule has 4 atom stereocenters. The van der Waals surface area contributed by atoms with Gasteiger partial charge in [0.05, 0.1) is 6.61 Å². The second-order valence-electron chi connectivity index (χ2n) is 5.34. The molecule has 150 valence electrons. The highest BCUT2D eigenvalue weighted by atomic mass is 16.4. The van der Waals surface area contributed by atoms with E-state index in [-0.39, 0.29) is 0 Å². The fourth-order valence-electron chi connectivity index (χ4n) is 2.39. The van der Waals surface area contributed by atoms with Gasteiger partial charge in [0.2, 0.25) is 16.8 Å². The van der Waals surface area contributed by atoms with Gasteiger partial charge in [0.1, 0.15) is 0 Å². The molecule has 0 aliphatic carbocycles. The fraction of sp³-hybridized carbons (Fsp3) is 0.643. The van der Waals surface area contributed by atoms with Gasteiger partial charge in [-0.05, 0) is 38.2 Å². The van der Waals surface area contributed by atoms with E-state index in [2.05, 4.69) is 5.11 Å². The van der Waals surface area contributed by atoms with Crippen molar-refractivity contribution in [3.05, 3.63) is 10.4 Å². The lowest BCUT2D eigenvalue weighted by Crippen LogP contribution is -2.85. The van der Waals surface area contributed by atoms with Crippen LogP contribution in [0.15, 0.2) is 5.11 Å². The maximum atomic E-state index is 12.5. The normalized spacial score (nSPS) is 21.8. The Balaban J connectivity index is 7.97. The minimum atomic E-state index is -4.73. The zero-order chi connectivity index (χ0) is 24.8. The number of amides is 1. The van der Waals surface area contributed by atoms with Gasteiger partial charge >= 0.3 is 0 Å². The second kappa shape index (κ2) is 7.60. The first-order chi connectivity index (χ1) is 14.2. The minimum absolute atomic E-state index is 1.54. The molecular formula is C14H19N3O10. The molecule has 0 rings (SSSR count). The molecule has 0 spiro atoms. The van der Waals surface area contributed by atoms with E-state index in [1.807, 2.05) is 4.91 Å². The summed E-state index contributed by atoms with van der Waals surface area (Å²) in [6.07, 6.45) is 0. The Kier molecular flexibility index (Phi) is 5.03. The molecule has 0 saturated carbocycles. The Labute approximate surface area is 157 Å². The highest BCUT2D eigenvalue weighted by Crippen LogP contribution is 2.43. The first-order valence-corrected chi connectivity index (χ1v) is 6.62. The Morgan fingerprint density at radius 2 is 1.33 bits per heavy atom. The van der Waals surface area contributed by atoms with Crippen molar-refractivity contribution in [1.29, 1.82) is 0 Å². The van der Waals surface area contributed by atoms with Crippen molar-refractivity contribution in [2.75, 3.05) is 6.61 Å². The first-order valence-electron chi connectivity index (χ1n) is 9.45. The van der Waals surface area contributed by atoms with Crippen LogP contribution >= 0.6 is 0 Å². The van der Waals surface area contributed by atoms with E-state index < -0.39 is 85.7 Å². The number of rotatable bonds is 9. The molecule has 0 radical (unpaired) electrons. The van der Waals surface area contributed by atoms with Gasteiger partial charge in [-0.25, -0.2) is 0 Å². The quantitative estimate of drug-likeness (QED) is 0.116. The number of hydrogen-bond donors (Lipinski definition) is 5. The van der Waals surface area contributed by atoms with Crippen LogP contribution in [0.3, 0.4) is 0 Å². The van der Waals surface area contributed by atoms with E-state index in [0.29, 0.717) is 0 Å². The molecule has 0 saturated heterocycles. The van der Waals surface area contributed by atoms with Gasteiger partial charge < -0.3 is 25.5 Å². The van der Waals surface area contributed by atoms with E-state index >= 15 is 0 Å². The standard InChI is InChI=1S/C14H19N3O10/c1-6(19)11(24,5-18)13(26,8(3)21)14(27,9(4)22)12(25,7(2)20)10(23)16-17-15/h18,24-27H,5H2,1-4H3/t11-,12-,13-,14+/m0/s1/i1D,2D,3D,4D. The summed E-state index contributed by atoms with van der Waals surface area (Å²) in [5.41, 5.74) is -9.51. The lowest BCUT2D eigenvalue weighted by Gasteiger charge is -2.52. The molecule has 0 aliphatic rings. The Bertz CT molecular complexity index is 837. The molecule has 0 aromatic carbocycles. The predicted octanol–water partition coefficient (Wildman–Crippen LogP) is -2.90. The number of azide groups is 1. The average molecular weight is 393 g/mol. The van der Waals surface area contributed by atoms with Gasteiger partial charge in [-0.15, -0.1) is 0 Å². The third-order valence-electron chi connectivity index (χ3n) is 3.99. The van der Waals surface area contributed by atoms with Crippen LogP contribution in [-0.2, 0) is 24.0 Å². The van der Waals surface area contributed by atoms with Crippen LogP contribution < -0.4 is 0 Å². The molecular weight excluding hydrogens is 370 g/mol. The number of carbonyl (C=O) groups is 5. The van der Waals surface area contributed by atoms with Gasteiger partial charge in [0.25, 0.3) is 5.91 Å². The van der Waals surface area contributed by atoms with E-state index in [1.165, 1.54) is 0 Å². The summed E-state index contributed by atoms with van der Waals surface area (Å²) in [6.45, 7) is -8.73. The highest BCUT2D eigenvalue weighted by Gasteiger charge is 2.78. The van der Waals surface area contributed by atoms with Gasteiger partial charge in [0.15, 0.2) is 28.7 Å². The number of aliphatic hydroxyl groups is 5. The maximum absolute atomic E-state index is 12.5. The minimum Gasteiger partial charge on any atom is -0.393 e. The SMILES string of the molecule is [2H]CC(=O)[C@](O)(C(=O)N=[N+]=[N-])[C@](O)(C(=O)C[2H])[C@](O)(C(=O)C[2H])[C@](O)(CO)C(=O)C[2H]. The number of hydrogen-bond acceptors (Lipinski definition) is 10. The van der Waals surface area contributed by atoms with Crippen LogP contribution in [0.2, 0.25) is 0 Å². The highest BCUT2D eigenvalue weighted by molar-refractivity contribution is 6.18. The van der Waals surface area contributed by atoms with Crippen molar-refractivity contribution in [2.45, 2.75) is 50.0 Å². The van der Waals surface area contributed by atoms with Gasteiger partial charge in [-0.1, -0.05) is 0 Å². The zero-order valence-electron chi connectivity index (χ0n) is 17.7. The van der Waals surface area contributed by atoms with Crippen LogP contribution in [0.25, 0.3) is 10.4 Å². The maximum Gasteiger partial charge on any atom is 0.261 e. The van der Waals surface area contributed by atoms with Crippen molar-refractivity contribution >= 4 is 29.0 Å². The topological polar surface area (TPSA) is 235 Å². The zero-order valence-corrected chi connectivity index (χ0v) is 13.7. The first kappa shape index (κ1) is 17.9. The van der Waals surface area contributed by atoms with E-state index in [4.69, 9.17) is 11.0 Å². The average Bonchev–Trinajstić information content (AvgIpc) is 2.78. The van der Waals surface area contributed by atoms with Crippen LogP contribution in [-0.4, -0.2) is 83.6 Å². The third-order valence-corrected chi connectivity index (χ3v) is 3.99. The Hall–Kier alpha value is -2.54. The Morgan fingerprint density at radius 1 is 0.889 bits per heavy atom. The molecule has 0 aromatic rings. The molecule has 0 aromatic heterocycles. The summed E-state index contributed by atoms with van der Waals surface area (Å²) in [4.78, 5) is 63.6. The molecule has 27 heavy (non-hydrogen) atoms. The summed E-state index contributed by atoms with van der Waals surface area (Å²) in [5, 5.41) is 55.2. The predicted molar refractivity (Wildman–Crippen MR) is 83.8 cm³/mol. The van der Waals surface area contributed by atoms with Crippen LogP contribution in [0.5, 0.6) is 0 Å². The number of aliphatic hydroxyl groups excluding tert-OH is 1. The number of ketones is 4. The summed E-state index contributed by atoms with van der Waals surface area (Å²) in [5.74, 6) is -11.2. The summed E-state index contributed by atoms with van der Waals surface area (Å²) in [6, 6.07) is 0. The smallest absolute Gasteiger partial charge is 0.261 e. The fourth-order valence-corrected chi connectivity index (χ4v) is 2.39. The molecule has 0 heterocycles.